The molecule has 1 saturated heterocycles. The van der Waals surface area contributed by atoms with Gasteiger partial charge in [-0.25, -0.2) is 8.42 Å². The van der Waals surface area contributed by atoms with Crippen molar-refractivity contribution in [1.82, 2.24) is 4.31 Å². The van der Waals surface area contributed by atoms with E-state index in [2.05, 4.69) is 24.3 Å². The molecule has 0 aromatic heterocycles. The lowest BCUT2D eigenvalue weighted by molar-refractivity contribution is -0.922. The fourth-order valence-electron chi connectivity index (χ4n) is 4.72. The molecule has 0 bridgehead atoms. The first-order chi connectivity index (χ1) is 15.6. The average molecular weight is 454 g/mol. The lowest BCUT2D eigenvalue weighted by atomic mass is 9.97. The van der Waals surface area contributed by atoms with Gasteiger partial charge in [0.15, 0.2) is 0 Å². The van der Waals surface area contributed by atoms with Gasteiger partial charge in [0.25, 0.3) is 0 Å². The summed E-state index contributed by atoms with van der Waals surface area (Å²) in [5, 5.41) is 1.98. The molecule has 0 amide bonds. The maximum Gasteiger partial charge on any atom is 0.243 e. The lowest BCUT2D eigenvalue weighted by Crippen LogP contribution is -3.12. The van der Waals surface area contributed by atoms with E-state index in [9.17, 15) is 8.42 Å². The molecule has 3 aromatic carbocycles. The highest BCUT2D eigenvalue weighted by Crippen LogP contribution is 2.23. The van der Waals surface area contributed by atoms with E-state index in [1.54, 1.807) is 23.5 Å². The number of sulfonamides is 1. The number of ether oxygens (including phenoxy) is 1. The third-order valence-corrected chi connectivity index (χ3v) is 8.24. The zero-order valence-corrected chi connectivity index (χ0v) is 19.6. The van der Waals surface area contributed by atoms with Gasteiger partial charge < -0.3 is 9.64 Å². The highest BCUT2D eigenvalue weighted by molar-refractivity contribution is 7.89. The Labute approximate surface area is 191 Å². The molecule has 0 spiro atoms. The summed E-state index contributed by atoms with van der Waals surface area (Å²) in [6.45, 7) is 4.42. The summed E-state index contributed by atoms with van der Waals surface area (Å²) < 4.78 is 34.1. The Hall–Kier alpha value is -2.25. The van der Waals surface area contributed by atoms with E-state index in [1.807, 2.05) is 36.4 Å². The lowest BCUT2D eigenvalue weighted by Gasteiger charge is -2.33. The van der Waals surface area contributed by atoms with Crippen molar-refractivity contribution < 1.29 is 18.1 Å². The highest BCUT2D eigenvalue weighted by atomic mass is 32.2. The largest absolute Gasteiger partial charge is 0.383 e. The topological polar surface area (TPSA) is 51.1 Å². The number of benzene rings is 3. The molecule has 6 heteroatoms. The van der Waals surface area contributed by atoms with Crippen molar-refractivity contribution in [1.29, 1.82) is 0 Å². The molecule has 5 nitrogen and oxygen atoms in total. The van der Waals surface area contributed by atoms with Crippen LogP contribution in [0.5, 0.6) is 0 Å². The third-order valence-electron chi connectivity index (χ3n) is 6.38. The Kier molecular flexibility index (Phi) is 7.58. The number of methoxy groups -OCH3 is 1. The number of nitrogens with one attached hydrogen (secondary N) is 1. The van der Waals surface area contributed by atoms with Gasteiger partial charge in [0.05, 0.1) is 24.6 Å². The fraction of sp³-hybridized carbons (Fsp3) is 0.385. The van der Waals surface area contributed by atoms with Crippen LogP contribution in [-0.4, -0.2) is 52.6 Å². The van der Waals surface area contributed by atoms with E-state index in [-0.39, 0.29) is 0 Å². The van der Waals surface area contributed by atoms with Crippen molar-refractivity contribution in [2.45, 2.75) is 24.3 Å². The van der Waals surface area contributed by atoms with Crippen LogP contribution in [0.15, 0.2) is 77.7 Å². The van der Waals surface area contributed by atoms with Crippen LogP contribution in [0.1, 0.15) is 18.4 Å². The quantitative estimate of drug-likeness (QED) is 0.542. The van der Waals surface area contributed by atoms with Gasteiger partial charge in [-0.3, -0.25) is 0 Å². The normalized spacial score (nSPS) is 19.4. The van der Waals surface area contributed by atoms with Crippen molar-refractivity contribution in [2.24, 2.45) is 5.92 Å². The van der Waals surface area contributed by atoms with Crippen LogP contribution >= 0.6 is 0 Å². The molecular weight excluding hydrogens is 420 g/mol. The minimum atomic E-state index is -3.60. The first-order valence-electron chi connectivity index (χ1n) is 11.4. The van der Waals surface area contributed by atoms with Crippen molar-refractivity contribution in [3.8, 4) is 0 Å². The second kappa shape index (κ2) is 10.6. The summed E-state index contributed by atoms with van der Waals surface area (Å²) in [4.78, 5) is 1.89. The summed E-state index contributed by atoms with van der Waals surface area (Å²) in [5.74, 6) is 0.342. The van der Waals surface area contributed by atoms with Crippen LogP contribution < -0.4 is 4.90 Å². The molecule has 4 rings (SSSR count). The van der Waals surface area contributed by atoms with Crippen LogP contribution in [0.25, 0.3) is 10.8 Å². The summed E-state index contributed by atoms with van der Waals surface area (Å²) in [6, 6.07) is 23.8. The van der Waals surface area contributed by atoms with Gasteiger partial charge in [-0.2, -0.15) is 4.31 Å². The minimum absolute atomic E-state index is 0.342. The standard InChI is InChI=1S/C26H32N2O3S/c1-31-17-16-28(32(29,30)26-14-13-24-11-5-6-12-25(24)18-26)21-23-10-7-15-27(20-23)19-22-8-3-2-4-9-22/h2-6,8-9,11-14,18,23H,7,10,15-17,19-21H2,1H3/p+1. The molecule has 3 aromatic rings. The molecule has 1 N–H and O–H groups in total. The molecule has 1 heterocycles. The number of nitrogens with zero attached hydrogens (tertiary/aromatic N) is 1. The summed E-state index contributed by atoms with van der Waals surface area (Å²) >= 11 is 0. The molecule has 1 fully saturated rings. The van der Waals surface area contributed by atoms with Crippen molar-refractivity contribution in [3.05, 3.63) is 78.4 Å². The molecule has 2 atom stereocenters. The van der Waals surface area contributed by atoms with Crippen molar-refractivity contribution in [2.75, 3.05) is 39.9 Å². The van der Waals surface area contributed by atoms with Crippen LogP contribution in [0.2, 0.25) is 0 Å². The number of fused-ring (bicyclic) bond motifs is 1. The number of hydrogen-bond donors (Lipinski definition) is 1. The monoisotopic (exact) mass is 453 g/mol. The predicted molar refractivity (Wildman–Crippen MR) is 128 cm³/mol. The second-order valence-corrected chi connectivity index (χ2v) is 10.7. The number of piperidine rings is 1. The molecule has 2 unspecified atom stereocenters. The van der Waals surface area contributed by atoms with E-state index < -0.39 is 10.0 Å². The van der Waals surface area contributed by atoms with Crippen LogP contribution in [-0.2, 0) is 21.3 Å². The zero-order chi connectivity index (χ0) is 22.4. The van der Waals surface area contributed by atoms with Crippen LogP contribution in [0.3, 0.4) is 0 Å². The van der Waals surface area contributed by atoms with Gasteiger partial charge >= 0.3 is 0 Å². The Morgan fingerprint density at radius 3 is 2.53 bits per heavy atom. The molecule has 0 radical (unpaired) electrons. The van der Waals surface area contributed by atoms with Gasteiger partial charge in [0.2, 0.25) is 10.0 Å². The van der Waals surface area contributed by atoms with Crippen LogP contribution in [0, 0.1) is 5.92 Å². The maximum atomic E-state index is 13.6. The summed E-state index contributed by atoms with van der Waals surface area (Å²) in [5.41, 5.74) is 1.34. The smallest absolute Gasteiger partial charge is 0.243 e. The summed E-state index contributed by atoms with van der Waals surface area (Å²) in [6.07, 6.45) is 2.19. The number of rotatable bonds is 9. The number of quaternary nitrogens is 1. The first-order valence-corrected chi connectivity index (χ1v) is 12.9. The summed E-state index contributed by atoms with van der Waals surface area (Å²) in [7, 11) is -1.98. The van der Waals surface area contributed by atoms with E-state index in [0.717, 1.165) is 43.2 Å². The van der Waals surface area contributed by atoms with E-state index >= 15 is 0 Å². The van der Waals surface area contributed by atoms with Crippen molar-refractivity contribution in [3.63, 3.8) is 0 Å². The first kappa shape index (κ1) is 22.9. The molecule has 170 valence electrons. The second-order valence-electron chi connectivity index (χ2n) is 8.74. The predicted octanol–water partition coefficient (Wildman–Crippen LogP) is 2.97. The van der Waals surface area contributed by atoms with Crippen LogP contribution in [0.4, 0.5) is 0 Å². The minimum Gasteiger partial charge on any atom is -0.383 e. The Balaban J connectivity index is 1.50. The zero-order valence-electron chi connectivity index (χ0n) is 18.7. The van der Waals surface area contributed by atoms with Gasteiger partial charge in [-0.05, 0) is 35.7 Å². The molecular formula is C26H33N2O3S+. The SMILES string of the molecule is COCCN(CC1CCC[NH+](Cc2ccccc2)C1)S(=O)(=O)c1ccc2ccccc2c1. The van der Waals surface area contributed by atoms with Gasteiger partial charge in [-0.15, -0.1) is 0 Å². The van der Waals surface area contributed by atoms with Crippen molar-refractivity contribution >= 4 is 20.8 Å². The number of hydrogen-bond acceptors (Lipinski definition) is 3. The molecule has 1 aliphatic heterocycles. The van der Waals surface area contributed by atoms with E-state index in [0.29, 0.717) is 30.5 Å². The van der Waals surface area contributed by atoms with E-state index in [4.69, 9.17) is 4.74 Å². The number of likely N-dealkylation sites (tertiary alicyclic amines) is 1. The van der Waals surface area contributed by atoms with E-state index in [1.165, 1.54) is 10.5 Å². The molecule has 0 aliphatic carbocycles. The fourth-order valence-corrected chi connectivity index (χ4v) is 6.26. The van der Waals surface area contributed by atoms with Gasteiger partial charge in [0.1, 0.15) is 6.54 Å². The Morgan fingerprint density at radius 1 is 1.00 bits per heavy atom. The molecule has 32 heavy (non-hydrogen) atoms. The Bertz CT molecular complexity index is 1120. The Morgan fingerprint density at radius 2 is 1.75 bits per heavy atom. The third kappa shape index (κ3) is 5.56. The molecule has 1 aliphatic rings. The molecule has 0 saturated carbocycles. The van der Waals surface area contributed by atoms with Gasteiger partial charge in [0, 0.05) is 31.7 Å². The maximum absolute atomic E-state index is 13.6. The van der Waals surface area contributed by atoms with Gasteiger partial charge in [-0.1, -0.05) is 60.7 Å². The average Bonchev–Trinajstić information content (AvgIpc) is 2.82. The highest BCUT2D eigenvalue weighted by Gasteiger charge is 2.31.